The van der Waals surface area contributed by atoms with Gasteiger partial charge in [0.15, 0.2) is 0 Å². The topological polar surface area (TPSA) is 98.8 Å². The molecule has 1 aliphatic heterocycles. The quantitative estimate of drug-likeness (QED) is 0.654. The van der Waals surface area contributed by atoms with Crippen LogP contribution in [0.5, 0.6) is 0 Å². The number of carbonyl (C=O) groups is 2. The highest BCUT2D eigenvalue weighted by Gasteiger charge is 2.31. The zero-order valence-corrected chi connectivity index (χ0v) is 17.6. The Kier molecular flexibility index (Phi) is 5.83. The number of halogens is 1. The first-order valence-electron chi connectivity index (χ1n) is 9.95. The summed E-state index contributed by atoms with van der Waals surface area (Å²) in [6.45, 7) is 2.52. The SMILES string of the molecule is O=C(CN1CCN(C(=O)c2ccc(Cl)c(S(=O)(=O)NC3CC3)c2)CC1)NC1CC1. The maximum absolute atomic E-state index is 12.9. The number of benzene rings is 1. The van der Waals surface area contributed by atoms with E-state index < -0.39 is 10.0 Å². The van der Waals surface area contributed by atoms with Crippen LogP contribution in [0.15, 0.2) is 23.1 Å². The molecule has 8 nitrogen and oxygen atoms in total. The third-order valence-electron chi connectivity index (χ3n) is 5.34. The van der Waals surface area contributed by atoms with Gasteiger partial charge in [-0.15, -0.1) is 0 Å². The predicted octanol–water partition coefficient (Wildman–Crippen LogP) is 0.817. The standard InChI is InChI=1S/C19H25ClN4O4S/c20-16-6-1-13(11-17(16)29(27,28)22-15-4-5-15)19(26)24-9-7-23(8-10-24)12-18(25)21-14-2-3-14/h1,6,11,14-15,22H,2-5,7-10,12H2,(H,21,25). The minimum Gasteiger partial charge on any atom is -0.352 e. The van der Waals surface area contributed by atoms with Gasteiger partial charge < -0.3 is 10.2 Å². The molecule has 0 radical (unpaired) electrons. The van der Waals surface area contributed by atoms with E-state index in [1.807, 2.05) is 4.90 Å². The molecular weight excluding hydrogens is 416 g/mol. The third-order valence-corrected chi connectivity index (χ3v) is 7.34. The van der Waals surface area contributed by atoms with Crippen molar-refractivity contribution in [3.63, 3.8) is 0 Å². The molecule has 1 heterocycles. The van der Waals surface area contributed by atoms with Gasteiger partial charge in [-0.2, -0.15) is 0 Å². The van der Waals surface area contributed by atoms with Crippen LogP contribution < -0.4 is 10.0 Å². The average Bonchev–Trinajstić information content (AvgIpc) is 3.60. The van der Waals surface area contributed by atoms with Gasteiger partial charge in [-0.1, -0.05) is 11.6 Å². The van der Waals surface area contributed by atoms with Crippen LogP contribution >= 0.6 is 11.6 Å². The summed E-state index contributed by atoms with van der Waals surface area (Å²) in [7, 11) is -3.75. The van der Waals surface area contributed by atoms with Gasteiger partial charge in [0, 0.05) is 43.8 Å². The summed E-state index contributed by atoms with van der Waals surface area (Å²) in [6.07, 6.45) is 3.75. The van der Waals surface area contributed by atoms with E-state index in [-0.39, 0.29) is 27.8 Å². The Balaban J connectivity index is 1.37. The van der Waals surface area contributed by atoms with E-state index in [0.717, 1.165) is 25.7 Å². The molecule has 158 valence electrons. The van der Waals surface area contributed by atoms with Crippen LogP contribution in [0, 0.1) is 0 Å². The lowest BCUT2D eigenvalue weighted by atomic mass is 10.2. The highest BCUT2D eigenvalue weighted by Crippen LogP contribution is 2.27. The van der Waals surface area contributed by atoms with E-state index in [1.165, 1.54) is 12.1 Å². The molecule has 0 bridgehead atoms. The summed E-state index contributed by atoms with van der Waals surface area (Å²) < 4.78 is 27.6. The number of piperazine rings is 1. The second-order valence-corrected chi connectivity index (χ2v) is 10.0. The molecule has 10 heteroatoms. The molecule has 3 aliphatic rings. The summed E-state index contributed by atoms with van der Waals surface area (Å²) >= 11 is 6.09. The zero-order valence-electron chi connectivity index (χ0n) is 16.1. The highest BCUT2D eigenvalue weighted by atomic mass is 35.5. The van der Waals surface area contributed by atoms with E-state index in [2.05, 4.69) is 10.0 Å². The van der Waals surface area contributed by atoms with Crippen molar-refractivity contribution in [3.8, 4) is 0 Å². The van der Waals surface area contributed by atoms with Crippen LogP contribution in [0.3, 0.4) is 0 Å². The largest absolute Gasteiger partial charge is 0.352 e. The van der Waals surface area contributed by atoms with E-state index >= 15 is 0 Å². The fourth-order valence-electron chi connectivity index (χ4n) is 3.32. The number of hydrogen-bond acceptors (Lipinski definition) is 5. The number of nitrogens with one attached hydrogen (secondary N) is 2. The summed E-state index contributed by atoms with van der Waals surface area (Å²) in [5.74, 6) is -0.199. The number of nitrogens with zero attached hydrogens (tertiary/aromatic N) is 2. The number of hydrogen-bond donors (Lipinski definition) is 2. The molecule has 29 heavy (non-hydrogen) atoms. The summed E-state index contributed by atoms with van der Waals surface area (Å²) in [5.41, 5.74) is 0.297. The normalized spacial score (nSPS) is 20.5. The first-order valence-corrected chi connectivity index (χ1v) is 11.8. The number of carbonyl (C=O) groups excluding carboxylic acids is 2. The van der Waals surface area contributed by atoms with Gasteiger partial charge in [0.25, 0.3) is 5.91 Å². The Labute approximate surface area is 175 Å². The average molecular weight is 441 g/mol. The second kappa shape index (κ2) is 8.22. The maximum Gasteiger partial charge on any atom is 0.253 e. The minimum absolute atomic E-state index is 0.0305. The molecule has 2 N–H and O–H groups in total. The van der Waals surface area contributed by atoms with Gasteiger partial charge in [0.05, 0.1) is 11.6 Å². The summed E-state index contributed by atoms with van der Waals surface area (Å²) in [6, 6.07) is 4.66. The maximum atomic E-state index is 12.9. The number of amides is 2. The predicted molar refractivity (Wildman–Crippen MR) is 108 cm³/mol. The van der Waals surface area contributed by atoms with Crippen LogP contribution in [0.1, 0.15) is 36.0 Å². The van der Waals surface area contributed by atoms with Gasteiger partial charge in [0.2, 0.25) is 15.9 Å². The summed E-state index contributed by atoms with van der Waals surface area (Å²) in [4.78, 5) is 28.5. The fourth-order valence-corrected chi connectivity index (χ4v) is 5.15. The van der Waals surface area contributed by atoms with Crippen LogP contribution in [0.4, 0.5) is 0 Å². The molecule has 4 rings (SSSR count). The van der Waals surface area contributed by atoms with Crippen LogP contribution in [-0.4, -0.2) is 74.8 Å². The first kappa shape index (κ1) is 20.6. The van der Waals surface area contributed by atoms with E-state index in [1.54, 1.807) is 11.0 Å². The van der Waals surface area contributed by atoms with Crippen molar-refractivity contribution in [3.05, 3.63) is 28.8 Å². The van der Waals surface area contributed by atoms with Crippen molar-refractivity contribution < 1.29 is 18.0 Å². The number of rotatable bonds is 7. The fraction of sp³-hybridized carbons (Fsp3) is 0.579. The molecule has 3 fully saturated rings. The lowest BCUT2D eigenvalue weighted by molar-refractivity contribution is -0.122. The Morgan fingerprint density at radius 2 is 1.69 bits per heavy atom. The molecule has 0 atom stereocenters. The van der Waals surface area contributed by atoms with Crippen molar-refractivity contribution >= 4 is 33.4 Å². The zero-order chi connectivity index (χ0) is 20.6. The molecule has 0 spiro atoms. The van der Waals surface area contributed by atoms with Crippen LogP contribution in [0.2, 0.25) is 5.02 Å². The van der Waals surface area contributed by atoms with Crippen molar-refractivity contribution in [2.45, 2.75) is 42.7 Å². The first-order chi connectivity index (χ1) is 13.8. The van der Waals surface area contributed by atoms with E-state index in [4.69, 9.17) is 11.6 Å². The number of sulfonamides is 1. The molecule has 2 amide bonds. The summed E-state index contributed by atoms with van der Waals surface area (Å²) in [5, 5.41) is 3.07. The van der Waals surface area contributed by atoms with Crippen LogP contribution in [0.25, 0.3) is 0 Å². The third kappa shape index (κ3) is 5.28. The van der Waals surface area contributed by atoms with Crippen molar-refractivity contribution in [1.29, 1.82) is 0 Å². The molecule has 2 aliphatic carbocycles. The Hall–Kier alpha value is -1.68. The second-order valence-electron chi connectivity index (χ2n) is 7.95. The van der Waals surface area contributed by atoms with Gasteiger partial charge in [-0.05, 0) is 43.9 Å². The molecule has 1 aromatic carbocycles. The smallest absolute Gasteiger partial charge is 0.253 e. The van der Waals surface area contributed by atoms with Gasteiger partial charge >= 0.3 is 0 Å². The van der Waals surface area contributed by atoms with Crippen LogP contribution in [-0.2, 0) is 14.8 Å². The van der Waals surface area contributed by atoms with Crippen molar-refractivity contribution in [2.75, 3.05) is 32.7 Å². The molecule has 2 saturated carbocycles. The Bertz CT molecular complexity index is 907. The monoisotopic (exact) mass is 440 g/mol. The molecule has 1 saturated heterocycles. The molecule has 1 aromatic rings. The highest BCUT2D eigenvalue weighted by molar-refractivity contribution is 7.89. The van der Waals surface area contributed by atoms with Gasteiger partial charge in [0.1, 0.15) is 4.90 Å². The van der Waals surface area contributed by atoms with Crippen molar-refractivity contribution in [2.24, 2.45) is 0 Å². The molecule has 0 aromatic heterocycles. The van der Waals surface area contributed by atoms with Gasteiger partial charge in [-0.3, -0.25) is 14.5 Å². The molecule has 0 unspecified atom stereocenters. The molecular formula is C19H25ClN4O4S. The lowest BCUT2D eigenvalue weighted by Crippen LogP contribution is -2.51. The van der Waals surface area contributed by atoms with E-state index in [0.29, 0.717) is 44.3 Å². The lowest BCUT2D eigenvalue weighted by Gasteiger charge is -2.34. The minimum atomic E-state index is -3.75. The Morgan fingerprint density at radius 1 is 1.03 bits per heavy atom. The Morgan fingerprint density at radius 3 is 2.31 bits per heavy atom. The van der Waals surface area contributed by atoms with Crippen molar-refractivity contribution in [1.82, 2.24) is 19.8 Å². The van der Waals surface area contributed by atoms with E-state index in [9.17, 15) is 18.0 Å². The van der Waals surface area contributed by atoms with Gasteiger partial charge in [-0.25, -0.2) is 13.1 Å².